The van der Waals surface area contributed by atoms with Gasteiger partial charge in [-0.3, -0.25) is 9.59 Å². The predicted octanol–water partition coefficient (Wildman–Crippen LogP) is 4.49. The summed E-state index contributed by atoms with van der Waals surface area (Å²) in [6.45, 7) is 15.3. The van der Waals surface area contributed by atoms with Gasteiger partial charge < -0.3 is 20.3 Å². The Bertz CT molecular complexity index is 761. The highest BCUT2D eigenvalue weighted by atomic mass is 16.6. The molecule has 0 saturated heterocycles. The van der Waals surface area contributed by atoms with Crippen molar-refractivity contribution in [1.29, 1.82) is 0 Å². The average molecular weight is 448 g/mol. The minimum absolute atomic E-state index is 0.231. The lowest BCUT2D eigenvalue weighted by molar-refractivity contribution is -0.145. The zero-order chi connectivity index (χ0) is 24.5. The molecule has 0 aliphatic rings. The van der Waals surface area contributed by atoms with Gasteiger partial charge in [0, 0.05) is 12.1 Å². The van der Waals surface area contributed by atoms with Crippen LogP contribution in [-0.4, -0.2) is 47.0 Å². The SMILES string of the molecule is CCCCCNC(=O)C(c1ccc(C)cc1)N(C(=O)CNC(=O)OC(C)(C)C)C(C)(C)C. The molecule has 0 heterocycles. The molecule has 1 atom stereocenters. The summed E-state index contributed by atoms with van der Waals surface area (Å²) in [5, 5.41) is 5.51. The van der Waals surface area contributed by atoms with Gasteiger partial charge in [-0.1, -0.05) is 49.6 Å². The fraction of sp³-hybridized carbons (Fsp3) is 0.640. The number of benzene rings is 1. The van der Waals surface area contributed by atoms with Crippen molar-refractivity contribution in [2.75, 3.05) is 13.1 Å². The Morgan fingerprint density at radius 3 is 2.06 bits per heavy atom. The van der Waals surface area contributed by atoms with Crippen molar-refractivity contribution < 1.29 is 19.1 Å². The van der Waals surface area contributed by atoms with Crippen LogP contribution in [0.15, 0.2) is 24.3 Å². The van der Waals surface area contributed by atoms with Crippen molar-refractivity contribution >= 4 is 17.9 Å². The summed E-state index contributed by atoms with van der Waals surface area (Å²) >= 11 is 0. The number of alkyl carbamates (subject to hydrolysis) is 1. The van der Waals surface area contributed by atoms with Crippen molar-refractivity contribution in [2.24, 2.45) is 0 Å². The summed E-state index contributed by atoms with van der Waals surface area (Å²) in [6.07, 6.45) is 2.29. The maximum Gasteiger partial charge on any atom is 0.408 e. The van der Waals surface area contributed by atoms with E-state index in [9.17, 15) is 14.4 Å². The summed E-state index contributed by atoms with van der Waals surface area (Å²) < 4.78 is 5.24. The molecular formula is C25H41N3O4. The maximum absolute atomic E-state index is 13.3. The Labute approximate surface area is 193 Å². The molecule has 0 aliphatic carbocycles. The molecule has 1 unspecified atom stereocenters. The highest BCUT2D eigenvalue weighted by molar-refractivity contribution is 5.91. The van der Waals surface area contributed by atoms with E-state index in [1.807, 2.05) is 52.0 Å². The molecule has 32 heavy (non-hydrogen) atoms. The van der Waals surface area contributed by atoms with Gasteiger partial charge in [-0.25, -0.2) is 4.79 Å². The Morgan fingerprint density at radius 2 is 1.56 bits per heavy atom. The molecule has 1 rings (SSSR count). The van der Waals surface area contributed by atoms with Crippen LogP contribution in [0.5, 0.6) is 0 Å². The minimum Gasteiger partial charge on any atom is -0.444 e. The van der Waals surface area contributed by atoms with Gasteiger partial charge in [0.1, 0.15) is 18.2 Å². The van der Waals surface area contributed by atoms with Crippen molar-refractivity contribution in [3.63, 3.8) is 0 Å². The monoisotopic (exact) mass is 447 g/mol. The molecule has 0 aromatic heterocycles. The van der Waals surface area contributed by atoms with Gasteiger partial charge in [-0.15, -0.1) is 0 Å². The van der Waals surface area contributed by atoms with E-state index in [-0.39, 0.29) is 18.4 Å². The van der Waals surface area contributed by atoms with Crippen LogP contribution >= 0.6 is 0 Å². The predicted molar refractivity (Wildman–Crippen MR) is 127 cm³/mol. The van der Waals surface area contributed by atoms with Gasteiger partial charge in [-0.05, 0) is 60.5 Å². The highest BCUT2D eigenvalue weighted by Crippen LogP contribution is 2.29. The molecule has 7 heteroatoms. The second-order valence-electron chi connectivity index (χ2n) is 10.1. The zero-order valence-electron chi connectivity index (χ0n) is 21.0. The van der Waals surface area contributed by atoms with Crippen LogP contribution in [0.1, 0.15) is 84.9 Å². The lowest BCUT2D eigenvalue weighted by atomic mass is 9.96. The van der Waals surface area contributed by atoms with Crippen molar-refractivity contribution in [3.05, 3.63) is 35.4 Å². The number of amides is 3. The van der Waals surface area contributed by atoms with Crippen molar-refractivity contribution in [3.8, 4) is 0 Å². The Balaban J connectivity index is 3.17. The van der Waals surface area contributed by atoms with Crippen LogP contribution in [0.2, 0.25) is 0 Å². The molecule has 180 valence electrons. The zero-order valence-corrected chi connectivity index (χ0v) is 21.0. The average Bonchev–Trinajstić information content (AvgIpc) is 2.66. The molecule has 1 aromatic rings. The number of carbonyl (C=O) groups is 3. The number of nitrogens with one attached hydrogen (secondary N) is 2. The normalized spacial score (nSPS) is 12.6. The van der Waals surface area contributed by atoms with E-state index in [0.717, 1.165) is 30.4 Å². The second-order valence-corrected chi connectivity index (χ2v) is 10.1. The van der Waals surface area contributed by atoms with Crippen LogP contribution in [0.4, 0.5) is 4.79 Å². The number of hydrogen-bond acceptors (Lipinski definition) is 4. The van der Waals surface area contributed by atoms with Crippen LogP contribution in [0.3, 0.4) is 0 Å². The van der Waals surface area contributed by atoms with E-state index in [2.05, 4.69) is 17.6 Å². The Kier molecular flexibility index (Phi) is 10.2. The quantitative estimate of drug-likeness (QED) is 0.546. The smallest absolute Gasteiger partial charge is 0.408 e. The summed E-state index contributed by atoms with van der Waals surface area (Å²) in [4.78, 5) is 40.2. The van der Waals surface area contributed by atoms with E-state index < -0.39 is 23.3 Å². The van der Waals surface area contributed by atoms with Crippen molar-refractivity contribution in [2.45, 2.75) is 91.8 Å². The Morgan fingerprint density at radius 1 is 0.969 bits per heavy atom. The van der Waals surface area contributed by atoms with Gasteiger partial charge in [0.25, 0.3) is 0 Å². The first-order valence-electron chi connectivity index (χ1n) is 11.4. The molecule has 0 radical (unpaired) electrons. The van der Waals surface area contributed by atoms with Gasteiger partial charge in [-0.2, -0.15) is 0 Å². The topological polar surface area (TPSA) is 87.7 Å². The molecule has 2 N–H and O–H groups in total. The summed E-state index contributed by atoms with van der Waals surface area (Å²) in [5.74, 6) is -0.594. The number of ether oxygens (including phenoxy) is 1. The van der Waals surface area contributed by atoms with Crippen LogP contribution in [-0.2, 0) is 14.3 Å². The first-order chi connectivity index (χ1) is 14.8. The maximum atomic E-state index is 13.3. The fourth-order valence-electron chi connectivity index (χ4n) is 3.30. The molecule has 0 bridgehead atoms. The van der Waals surface area contributed by atoms with E-state index >= 15 is 0 Å². The van der Waals surface area contributed by atoms with Gasteiger partial charge in [0.05, 0.1) is 0 Å². The molecular weight excluding hydrogens is 406 g/mol. The third-order valence-corrected chi connectivity index (χ3v) is 4.75. The number of unbranched alkanes of at least 4 members (excludes halogenated alkanes) is 2. The standard InChI is InChI=1S/C25H41N3O4/c1-9-10-11-16-26-22(30)21(19-14-12-18(2)13-15-19)28(24(3,4)5)20(29)17-27-23(31)32-25(6,7)8/h12-15,21H,9-11,16-17H2,1-8H3,(H,26,30)(H,27,31). The minimum atomic E-state index is -0.815. The van der Waals surface area contributed by atoms with E-state index in [1.54, 1.807) is 25.7 Å². The highest BCUT2D eigenvalue weighted by Gasteiger charge is 2.38. The third kappa shape index (κ3) is 9.28. The van der Waals surface area contributed by atoms with Gasteiger partial charge in [0.2, 0.25) is 11.8 Å². The van der Waals surface area contributed by atoms with Gasteiger partial charge in [0.15, 0.2) is 0 Å². The van der Waals surface area contributed by atoms with E-state index in [1.165, 1.54) is 0 Å². The molecule has 0 aliphatic heterocycles. The third-order valence-electron chi connectivity index (χ3n) is 4.75. The molecule has 7 nitrogen and oxygen atoms in total. The lowest BCUT2D eigenvalue weighted by Gasteiger charge is -2.41. The number of nitrogens with zero attached hydrogens (tertiary/aromatic N) is 1. The van der Waals surface area contributed by atoms with Crippen LogP contribution < -0.4 is 10.6 Å². The van der Waals surface area contributed by atoms with E-state index in [4.69, 9.17) is 4.74 Å². The second kappa shape index (κ2) is 11.9. The largest absolute Gasteiger partial charge is 0.444 e. The van der Waals surface area contributed by atoms with Crippen molar-refractivity contribution in [1.82, 2.24) is 15.5 Å². The summed E-state index contributed by atoms with van der Waals surface area (Å²) in [7, 11) is 0. The molecule has 0 fully saturated rings. The number of carbonyl (C=O) groups excluding carboxylic acids is 3. The number of aryl methyl sites for hydroxylation is 1. The van der Waals surface area contributed by atoms with Crippen LogP contribution in [0, 0.1) is 6.92 Å². The lowest BCUT2D eigenvalue weighted by Crippen LogP contribution is -2.55. The Hall–Kier alpha value is -2.57. The molecule has 0 saturated carbocycles. The van der Waals surface area contributed by atoms with Crippen LogP contribution in [0.25, 0.3) is 0 Å². The first-order valence-corrected chi connectivity index (χ1v) is 11.4. The molecule has 0 spiro atoms. The summed E-state index contributed by atoms with van der Waals surface area (Å²) in [5.41, 5.74) is 0.461. The van der Waals surface area contributed by atoms with Gasteiger partial charge >= 0.3 is 6.09 Å². The molecule has 1 aromatic carbocycles. The fourth-order valence-corrected chi connectivity index (χ4v) is 3.30. The number of rotatable bonds is 9. The molecule has 3 amide bonds. The first kappa shape index (κ1) is 27.5. The summed E-state index contributed by atoms with van der Waals surface area (Å²) in [6, 6.07) is 6.79. The van der Waals surface area contributed by atoms with E-state index in [0.29, 0.717) is 6.54 Å². The number of hydrogen-bond donors (Lipinski definition) is 2.